The fourth-order valence-corrected chi connectivity index (χ4v) is 1.01. The zero-order chi connectivity index (χ0) is 9.68. The molecule has 0 aromatic heterocycles. The van der Waals surface area contributed by atoms with Crippen LogP contribution in [-0.4, -0.2) is 12.9 Å². The minimum Gasteiger partial charge on any atom is -0.321 e. The summed E-state index contributed by atoms with van der Waals surface area (Å²) in [5.41, 5.74) is 7.79. The molecule has 4 N–H and O–H groups in total. The van der Waals surface area contributed by atoms with Crippen molar-refractivity contribution in [2.24, 2.45) is 10.9 Å². The summed E-state index contributed by atoms with van der Waals surface area (Å²) in [6, 6.07) is 7.95. The molecule has 0 aliphatic rings. The second kappa shape index (κ2) is 4.47. The third-order valence-electron chi connectivity index (χ3n) is 1.70. The first-order chi connectivity index (χ1) is 6.27. The van der Waals surface area contributed by atoms with E-state index in [1.54, 1.807) is 7.05 Å². The lowest BCUT2D eigenvalue weighted by molar-refractivity contribution is 0.765. The highest BCUT2D eigenvalue weighted by molar-refractivity contribution is 5.98. The van der Waals surface area contributed by atoms with Crippen molar-refractivity contribution in [3.8, 4) is 0 Å². The van der Waals surface area contributed by atoms with Crippen molar-refractivity contribution in [3.05, 3.63) is 35.4 Å². The molecule has 1 aromatic rings. The van der Waals surface area contributed by atoms with Crippen LogP contribution in [0.5, 0.6) is 0 Å². The maximum Gasteiger partial charge on any atom is 0.167 e. The van der Waals surface area contributed by atoms with Crippen LogP contribution < -0.4 is 16.7 Å². The molecule has 0 spiro atoms. The van der Waals surface area contributed by atoms with E-state index in [1.165, 1.54) is 5.56 Å². The summed E-state index contributed by atoms with van der Waals surface area (Å²) in [5, 5.41) is 3.62. The predicted molar refractivity (Wildman–Crippen MR) is 54.1 cm³/mol. The van der Waals surface area contributed by atoms with E-state index >= 15 is 0 Å². The van der Waals surface area contributed by atoms with Gasteiger partial charge in [-0.2, -0.15) is 5.10 Å². The summed E-state index contributed by atoms with van der Waals surface area (Å²) in [5.74, 6) is 5.84. The number of hydrazine groups is 1. The zero-order valence-corrected chi connectivity index (χ0v) is 7.83. The molecule has 0 unspecified atom stereocenters. The number of benzene rings is 1. The van der Waals surface area contributed by atoms with E-state index in [0.29, 0.717) is 5.84 Å². The Balaban J connectivity index is 2.87. The van der Waals surface area contributed by atoms with Crippen LogP contribution in [0.4, 0.5) is 0 Å². The van der Waals surface area contributed by atoms with Gasteiger partial charge >= 0.3 is 0 Å². The Hall–Kier alpha value is -1.55. The largest absolute Gasteiger partial charge is 0.321 e. The van der Waals surface area contributed by atoms with Crippen molar-refractivity contribution in [1.82, 2.24) is 10.9 Å². The summed E-state index contributed by atoms with van der Waals surface area (Å²) in [4.78, 5) is 0. The van der Waals surface area contributed by atoms with E-state index < -0.39 is 0 Å². The molecule has 0 heterocycles. The van der Waals surface area contributed by atoms with Crippen LogP contribution in [0.25, 0.3) is 0 Å². The van der Waals surface area contributed by atoms with Gasteiger partial charge in [0.25, 0.3) is 0 Å². The van der Waals surface area contributed by atoms with Gasteiger partial charge in [0.05, 0.1) is 0 Å². The fourth-order valence-electron chi connectivity index (χ4n) is 1.01. The maximum atomic E-state index is 5.21. The van der Waals surface area contributed by atoms with Crippen molar-refractivity contribution in [2.45, 2.75) is 6.92 Å². The lowest BCUT2D eigenvalue weighted by Crippen LogP contribution is -2.35. The number of nitrogens with zero attached hydrogens (tertiary/aromatic N) is 1. The van der Waals surface area contributed by atoms with Crippen molar-refractivity contribution in [2.75, 3.05) is 7.05 Å². The lowest BCUT2D eigenvalue weighted by Gasteiger charge is -2.06. The second-order valence-electron chi connectivity index (χ2n) is 2.72. The van der Waals surface area contributed by atoms with E-state index in [2.05, 4.69) is 16.0 Å². The fraction of sp³-hybridized carbons (Fsp3) is 0.222. The topological polar surface area (TPSA) is 62.4 Å². The van der Waals surface area contributed by atoms with Gasteiger partial charge < -0.3 is 11.3 Å². The standard InChI is InChI=1S/C9H14N4/c1-7-3-5-8(6-4-7)9(12-10)13-11-2/h3-6,11H,10H2,1-2H3,(H,12,13). The summed E-state index contributed by atoms with van der Waals surface area (Å²) in [7, 11) is 1.76. The molecule has 0 radical (unpaired) electrons. The Bertz CT molecular complexity index is 289. The van der Waals surface area contributed by atoms with Crippen LogP contribution in [0.15, 0.2) is 29.4 Å². The normalized spacial score (nSPS) is 11.4. The molecular formula is C9H14N4. The number of aryl methyl sites for hydroxylation is 1. The number of nitrogens with one attached hydrogen (secondary N) is 2. The average molecular weight is 178 g/mol. The van der Waals surface area contributed by atoms with Gasteiger partial charge in [-0.15, -0.1) is 0 Å². The van der Waals surface area contributed by atoms with E-state index in [0.717, 1.165) is 5.56 Å². The van der Waals surface area contributed by atoms with Gasteiger partial charge in [-0.25, -0.2) is 5.43 Å². The van der Waals surface area contributed by atoms with Gasteiger partial charge in [0.1, 0.15) is 0 Å². The van der Waals surface area contributed by atoms with Crippen molar-refractivity contribution in [1.29, 1.82) is 0 Å². The highest BCUT2D eigenvalue weighted by Gasteiger charge is 1.99. The molecule has 0 amide bonds. The third kappa shape index (κ3) is 2.45. The third-order valence-corrected chi connectivity index (χ3v) is 1.70. The summed E-state index contributed by atoms with van der Waals surface area (Å²) >= 11 is 0. The molecule has 0 saturated carbocycles. The Morgan fingerprint density at radius 1 is 1.31 bits per heavy atom. The molecule has 70 valence electrons. The van der Waals surface area contributed by atoms with Gasteiger partial charge in [-0.1, -0.05) is 29.8 Å². The SMILES string of the molecule is CNN/C(=N/N)c1ccc(C)cc1. The quantitative estimate of drug-likeness (QED) is 0.265. The van der Waals surface area contributed by atoms with Gasteiger partial charge in [-0.3, -0.25) is 0 Å². The van der Waals surface area contributed by atoms with Gasteiger partial charge in [0.15, 0.2) is 5.84 Å². The molecule has 0 bridgehead atoms. The number of amidine groups is 1. The molecule has 1 aromatic carbocycles. The Morgan fingerprint density at radius 3 is 2.38 bits per heavy atom. The molecule has 4 nitrogen and oxygen atoms in total. The molecule has 1 rings (SSSR count). The number of nitrogens with two attached hydrogens (primary N) is 1. The van der Waals surface area contributed by atoms with Gasteiger partial charge in [0, 0.05) is 12.6 Å². The van der Waals surface area contributed by atoms with Crippen molar-refractivity contribution in [3.63, 3.8) is 0 Å². The molecule has 0 atom stereocenters. The van der Waals surface area contributed by atoms with Crippen LogP contribution in [0.1, 0.15) is 11.1 Å². The highest BCUT2D eigenvalue weighted by atomic mass is 15.4. The minimum absolute atomic E-state index is 0.627. The van der Waals surface area contributed by atoms with Gasteiger partial charge in [-0.05, 0) is 6.92 Å². The van der Waals surface area contributed by atoms with Crippen LogP contribution in [0.3, 0.4) is 0 Å². The summed E-state index contributed by atoms with van der Waals surface area (Å²) in [6.45, 7) is 2.04. The van der Waals surface area contributed by atoms with E-state index in [1.807, 2.05) is 31.2 Å². The first kappa shape index (κ1) is 9.54. The molecule has 13 heavy (non-hydrogen) atoms. The molecule has 4 heteroatoms. The van der Waals surface area contributed by atoms with Crippen molar-refractivity contribution >= 4 is 5.84 Å². The highest BCUT2D eigenvalue weighted by Crippen LogP contribution is 2.02. The molecule has 0 fully saturated rings. The smallest absolute Gasteiger partial charge is 0.167 e. The van der Waals surface area contributed by atoms with Gasteiger partial charge in [0.2, 0.25) is 0 Å². The van der Waals surface area contributed by atoms with Crippen LogP contribution in [-0.2, 0) is 0 Å². The minimum atomic E-state index is 0.627. The molecule has 0 saturated heterocycles. The number of rotatable bonds is 2. The Labute approximate surface area is 77.8 Å². The Kier molecular flexibility index (Phi) is 3.28. The summed E-state index contributed by atoms with van der Waals surface area (Å²) in [6.07, 6.45) is 0. The number of hydrazone groups is 1. The monoisotopic (exact) mass is 178 g/mol. The van der Waals surface area contributed by atoms with Crippen molar-refractivity contribution < 1.29 is 0 Å². The van der Waals surface area contributed by atoms with Crippen LogP contribution in [0.2, 0.25) is 0 Å². The Morgan fingerprint density at radius 2 is 1.92 bits per heavy atom. The molecule has 0 aliphatic carbocycles. The summed E-state index contributed by atoms with van der Waals surface area (Å²) < 4.78 is 0. The average Bonchev–Trinajstić information content (AvgIpc) is 2.16. The number of hydrogen-bond donors (Lipinski definition) is 3. The molecular weight excluding hydrogens is 164 g/mol. The van der Waals surface area contributed by atoms with E-state index in [4.69, 9.17) is 5.84 Å². The zero-order valence-electron chi connectivity index (χ0n) is 7.83. The lowest BCUT2D eigenvalue weighted by atomic mass is 10.1. The predicted octanol–water partition coefficient (Wildman–Crippen LogP) is 0.339. The first-order valence-corrected chi connectivity index (χ1v) is 4.05. The first-order valence-electron chi connectivity index (χ1n) is 4.05. The molecule has 0 aliphatic heterocycles. The van der Waals surface area contributed by atoms with Crippen LogP contribution >= 0.6 is 0 Å². The van der Waals surface area contributed by atoms with Crippen LogP contribution in [0, 0.1) is 6.92 Å². The number of hydrogen-bond acceptors (Lipinski definition) is 3. The maximum absolute atomic E-state index is 5.21. The van der Waals surface area contributed by atoms with E-state index in [9.17, 15) is 0 Å². The second-order valence-corrected chi connectivity index (χ2v) is 2.72. The van der Waals surface area contributed by atoms with E-state index in [-0.39, 0.29) is 0 Å².